The van der Waals surface area contributed by atoms with Crippen LogP contribution in [0.25, 0.3) is 0 Å². The van der Waals surface area contributed by atoms with Crippen LogP contribution in [0.5, 0.6) is 0 Å². The first-order valence-electron chi connectivity index (χ1n) is 4.21. The van der Waals surface area contributed by atoms with Crippen molar-refractivity contribution in [2.75, 3.05) is 0 Å². The number of hydrogen-bond acceptors (Lipinski definition) is 3. The predicted molar refractivity (Wildman–Crippen MR) is 44.7 cm³/mol. The molecule has 1 N–H and O–H groups in total. The van der Waals surface area contributed by atoms with Crippen LogP contribution in [0.2, 0.25) is 0 Å². The number of aliphatic hydroxyl groups is 1. The molecule has 1 heterocycles. The second-order valence-corrected chi connectivity index (χ2v) is 3.15. The zero-order valence-corrected chi connectivity index (χ0v) is 7.63. The zero-order valence-electron chi connectivity index (χ0n) is 7.63. The Bertz CT molecular complexity index is 230. The summed E-state index contributed by atoms with van der Waals surface area (Å²) in [5.41, 5.74) is 0. The Hall–Kier alpha value is -0.990. The van der Waals surface area contributed by atoms with Gasteiger partial charge < -0.3 is 9.84 Å². The number of hydrogen-bond donors (Lipinski definition) is 1. The fourth-order valence-corrected chi connectivity index (χ4v) is 1.15. The Morgan fingerprint density at radius 3 is 2.58 bits per heavy atom. The lowest BCUT2D eigenvalue weighted by molar-refractivity contribution is -0.122. The molecule has 2 atom stereocenters. The number of carbonyl (C=O) groups is 1. The summed E-state index contributed by atoms with van der Waals surface area (Å²) < 4.78 is 5.22. The molecule has 2 unspecified atom stereocenters. The highest BCUT2D eigenvalue weighted by Crippen LogP contribution is 2.27. The molecule has 0 aliphatic carbocycles. The summed E-state index contributed by atoms with van der Waals surface area (Å²) >= 11 is 0. The summed E-state index contributed by atoms with van der Waals surface area (Å²) in [6.07, 6.45) is 0.355. The highest BCUT2D eigenvalue weighted by Gasteiger charge is 2.33. The molecule has 0 amide bonds. The fraction of sp³-hybridized carbons (Fsp3) is 0.667. The van der Waals surface area contributed by atoms with E-state index in [-0.39, 0.29) is 17.5 Å². The lowest BCUT2D eigenvalue weighted by atomic mass is 10.1. The molecule has 0 saturated carbocycles. The van der Waals surface area contributed by atoms with E-state index in [0.717, 1.165) is 6.42 Å². The van der Waals surface area contributed by atoms with Crippen molar-refractivity contribution in [2.24, 2.45) is 5.92 Å². The second-order valence-electron chi connectivity index (χ2n) is 3.15. The van der Waals surface area contributed by atoms with Crippen LogP contribution in [0.1, 0.15) is 27.2 Å². The van der Waals surface area contributed by atoms with Crippen molar-refractivity contribution in [3.05, 3.63) is 11.5 Å². The number of carbonyl (C=O) groups excluding carboxylic acids is 1. The number of rotatable bonds is 2. The molecular weight excluding hydrogens is 156 g/mol. The molecule has 1 rings (SSSR count). The molecule has 3 heteroatoms. The smallest absolute Gasteiger partial charge is 0.240 e. The number of ketones is 1. The van der Waals surface area contributed by atoms with Crippen molar-refractivity contribution < 1.29 is 14.6 Å². The minimum absolute atomic E-state index is 0.124. The molecule has 0 saturated heterocycles. The van der Waals surface area contributed by atoms with Crippen LogP contribution >= 0.6 is 0 Å². The third kappa shape index (κ3) is 1.31. The van der Waals surface area contributed by atoms with Gasteiger partial charge in [-0.3, -0.25) is 4.79 Å². The molecule has 0 fully saturated rings. The molecule has 0 radical (unpaired) electrons. The number of Topliss-reactive ketones (excluding diaryl/α,β-unsaturated/α-hetero) is 1. The van der Waals surface area contributed by atoms with Gasteiger partial charge in [-0.15, -0.1) is 0 Å². The van der Waals surface area contributed by atoms with Crippen LogP contribution in [0.3, 0.4) is 0 Å². The molecule has 12 heavy (non-hydrogen) atoms. The maximum atomic E-state index is 11.1. The Labute approximate surface area is 72.0 Å². The summed E-state index contributed by atoms with van der Waals surface area (Å²) in [5, 5.41) is 9.33. The third-order valence-electron chi connectivity index (χ3n) is 2.20. The van der Waals surface area contributed by atoms with E-state index in [1.807, 2.05) is 13.8 Å². The van der Waals surface area contributed by atoms with Gasteiger partial charge in [-0.1, -0.05) is 13.8 Å². The van der Waals surface area contributed by atoms with Gasteiger partial charge in [-0.2, -0.15) is 0 Å². The molecule has 3 nitrogen and oxygen atoms in total. The average Bonchev–Trinajstić information content (AvgIpc) is 2.32. The molecule has 0 aromatic rings. The Morgan fingerprint density at radius 1 is 1.67 bits per heavy atom. The molecule has 68 valence electrons. The highest BCUT2D eigenvalue weighted by molar-refractivity contribution is 5.98. The van der Waals surface area contributed by atoms with Gasteiger partial charge in [0.05, 0.1) is 0 Å². The molecule has 0 aromatic carbocycles. The molecule has 1 aliphatic rings. The summed E-state index contributed by atoms with van der Waals surface area (Å²) in [6.45, 7) is 5.56. The van der Waals surface area contributed by atoms with Gasteiger partial charge in [0.15, 0.2) is 6.10 Å². The van der Waals surface area contributed by atoms with Gasteiger partial charge >= 0.3 is 0 Å². The molecule has 0 aromatic heterocycles. The SMILES string of the molecule is CCC(C)C1=C(O)C(=O)C(C)O1. The van der Waals surface area contributed by atoms with Crippen molar-refractivity contribution >= 4 is 5.78 Å². The van der Waals surface area contributed by atoms with Gasteiger partial charge in [0.1, 0.15) is 5.76 Å². The van der Waals surface area contributed by atoms with Gasteiger partial charge in [-0.05, 0) is 13.3 Å². The standard InChI is InChI=1S/C9H14O3/c1-4-5(2)9-8(11)7(10)6(3)12-9/h5-6,11H,4H2,1-3H3. The van der Waals surface area contributed by atoms with Crippen LogP contribution in [0.4, 0.5) is 0 Å². The van der Waals surface area contributed by atoms with Crippen molar-refractivity contribution in [1.82, 2.24) is 0 Å². The fourth-order valence-electron chi connectivity index (χ4n) is 1.15. The van der Waals surface area contributed by atoms with E-state index in [1.54, 1.807) is 6.92 Å². The first-order valence-corrected chi connectivity index (χ1v) is 4.21. The summed E-state index contributed by atoms with van der Waals surface area (Å²) in [6, 6.07) is 0. The summed E-state index contributed by atoms with van der Waals surface area (Å²) in [4.78, 5) is 11.1. The quantitative estimate of drug-likeness (QED) is 0.687. The lowest BCUT2D eigenvalue weighted by Crippen LogP contribution is -2.13. The second kappa shape index (κ2) is 3.17. The topological polar surface area (TPSA) is 46.5 Å². The van der Waals surface area contributed by atoms with E-state index in [9.17, 15) is 9.90 Å². The van der Waals surface area contributed by atoms with E-state index < -0.39 is 6.10 Å². The number of aliphatic hydroxyl groups excluding tert-OH is 1. The minimum atomic E-state index is -0.506. The maximum absolute atomic E-state index is 11.1. The largest absolute Gasteiger partial charge is 0.502 e. The molecule has 0 spiro atoms. The summed E-state index contributed by atoms with van der Waals surface area (Å²) in [5.74, 6) is 0.0936. The van der Waals surface area contributed by atoms with Crippen LogP contribution in [-0.4, -0.2) is 17.0 Å². The number of allylic oxidation sites excluding steroid dienone is 1. The van der Waals surface area contributed by atoms with Gasteiger partial charge in [0, 0.05) is 5.92 Å². The molecular formula is C9H14O3. The Morgan fingerprint density at radius 2 is 2.25 bits per heavy atom. The first kappa shape index (κ1) is 9.10. The van der Waals surface area contributed by atoms with Crippen molar-refractivity contribution in [3.8, 4) is 0 Å². The van der Waals surface area contributed by atoms with E-state index in [1.165, 1.54) is 0 Å². The maximum Gasteiger partial charge on any atom is 0.240 e. The van der Waals surface area contributed by atoms with Gasteiger partial charge in [0.2, 0.25) is 11.5 Å². The highest BCUT2D eigenvalue weighted by atomic mass is 16.5. The predicted octanol–water partition coefficient (Wildman–Crippen LogP) is 1.79. The number of ether oxygens (including phenoxy) is 1. The Kier molecular flexibility index (Phi) is 2.40. The summed E-state index contributed by atoms with van der Waals surface area (Å²) in [7, 11) is 0. The van der Waals surface area contributed by atoms with Gasteiger partial charge in [0.25, 0.3) is 0 Å². The monoisotopic (exact) mass is 170 g/mol. The minimum Gasteiger partial charge on any atom is -0.502 e. The van der Waals surface area contributed by atoms with Crippen LogP contribution < -0.4 is 0 Å². The van der Waals surface area contributed by atoms with Crippen molar-refractivity contribution in [3.63, 3.8) is 0 Å². The van der Waals surface area contributed by atoms with E-state index in [0.29, 0.717) is 5.76 Å². The van der Waals surface area contributed by atoms with E-state index in [2.05, 4.69) is 0 Å². The lowest BCUT2D eigenvalue weighted by Gasteiger charge is -2.11. The van der Waals surface area contributed by atoms with Crippen molar-refractivity contribution in [1.29, 1.82) is 0 Å². The normalized spacial score (nSPS) is 25.9. The van der Waals surface area contributed by atoms with Crippen molar-refractivity contribution in [2.45, 2.75) is 33.3 Å². The molecule has 1 aliphatic heterocycles. The van der Waals surface area contributed by atoms with E-state index in [4.69, 9.17) is 4.74 Å². The van der Waals surface area contributed by atoms with Gasteiger partial charge in [-0.25, -0.2) is 0 Å². The van der Waals surface area contributed by atoms with Crippen LogP contribution in [-0.2, 0) is 9.53 Å². The Balaban J connectivity index is 2.84. The van der Waals surface area contributed by atoms with E-state index >= 15 is 0 Å². The third-order valence-corrected chi connectivity index (χ3v) is 2.20. The molecule has 0 bridgehead atoms. The van der Waals surface area contributed by atoms with Crippen LogP contribution in [0, 0.1) is 5.92 Å². The first-order chi connectivity index (χ1) is 5.57. The van der Waals surface area contributed by atoms with Crippen LogP contribution in [0.15, 0.2) is 11.5 Å². The average molecular weight is 170 g/mol. The zero-order chi connectivity index (χ0) is 9.30.